The van der Waals surface area contributed by atoms with Gasteiger partial charge in [0.15, 0.2) is 0 Å². The summed E-state index contributed by atoms with van der Waals surface area (Å²) in [5, 5.41) is 3.00. The first-order valence-electron chi connectivity index (χ1n) is 12.8. The smallest absolute Gasteiger partial charge is 0.264 e. The minimum absolute atomic E-state index is 0.0263. The lowest BCUT2D eigenvalue weighted by molar-refractivity contribution is -0.139. The van der Waals surface area contributed by atoms with Gasteiger partial charge < -0.3 is 10.2 Å². The molecule has 0 aliphatic carbocycles. The number of nitrogens with zero attached hydrogens (tertiary/aromatic N) is 2. The summed E-state index contributed by atoms with van der Waals surface area (Å²) < 4.78 is 29.6. The molecule has 212 valence electrons. The maximum absolute atomic E-state index is 14.2. The van der Waals surface area contributed by atoms with Gasteiger partial charge in [0.2, 0.25) is 11.8 Å². The Bertz CT molecular complexity index is 1600. The van der Waals surface area contributed by atoms with Crippen molar-refractivity contribution < 1.29 is 18.0 Å². The number of amides is 2. The first-order chi connectivity index (χ1) is 19.7. The van der Waals surface area contributed by atoms with Gasteiger partial charge in [-0.25, -0.2) is 8.42 Å². The Labute approximate surface area is 253 Å². The molecule has 7 nitrogen and oxygen atoms in total. The molecule has 10 heteroatoms. The van der Waals surface area contributed by atoms with Crippen molar-refractivity contribution in [2.45, 2.75) is 23.9 Å². The van der Waals surface area contributed by atoms with E-state index in [1.54, 1.807) is 36.4 Å². The van der Waals surface area contributed by atoms with Gasteiger partial charge in [0.05, 0.1) is 10.6 Å². The number of hydrogen-bond donors (Lipinski definition) is 1. The van der Waals surface area contributed by atoms with Crippen molar-refractivity contribution in [3.63, 3.8) is 0 Å². The molecule has 0 fully saturated rings. The van der Waals surface area contributed by atoms with Gasteiger partial charge in [0, 0.05) is 29.5 Å². The molecule has 41 heavy (non-hydrogen) atoms. The highest BCUT2D eigenvalue weighted by Crippen LogP contribution is 2.27. The van der Waals surface area contributed by atoms with Crippen LogP contribution in [0.4, 0.5) is 5.69 Å². The van der Waals surface area contributed by atoms with Crippen LogP contribution in [0.2, 0.25) is 5.02 Å². The fourth-order valence-electron chi connectivity index (χ4n) is 4.43. The number of rotatable bonds is 11. The number of carbonyl (C=O) groups excluding carboxylic acids is 2. The quantitative estimate of drug-likeness (QED) is 0.225. The second-order valence-corrected chi connectivity index (χ2v) is 12.5. The van der Waals surface area contributed by atoms with Crippen LogP contribution >= 0.6 is 27.5 Å². The van der Waals surface area contributed by atoms with Crippen LogP contribution in [0.3, 0.4) is 0 Å². The number of halogens is 2. The molecule has 1 atom stereocenters. The molecule has 0 bridgehead atoms. The van der Waals surface area contributed by atoms with Gasteiger partial charge in [-0.2, -0.15) is 0 Å². The average molecular weight is 655 g/mol. The van der Waals surface area contributed by atoms with Crippen LogP contribution in [0.15, 0.2) is 119 Å². The van der Waals surface area contributed by atoms with Gasteiger partial charge in [-0.15, -0.1) is 0 Å². The molecule has 4 rings (SSSR count). The van der Waals surface area contributed by atoms with E-state index < -0.39 is 28.5 Å². The lowest BCUT2D eigenvalue weighted by atomic mass is 10.0. The van der Waals surface area contributed by atoms with E-state index in [-0.39, 0.29) is 29.5 Å². The molecule has 0 spiro atoms. The Hall–Kier alpha value is -3.66. The molecular formula is C31H29BrClN3O4S. The number of benzene rings is 4. The highest BCUT2D eigenvalue weighted by molar-refractivity contribution is 9.10. The molecule has 0 radical (unpaired) electrons. The number of sulfonamides is 1. The maximum atomic E-state index is 14.2. The lowest BCUT2D eigenvalue weighted by Gasteiger charge is -2.33. The van der Waals surface area contributed by atoms with Crippen molar-refractivity contribution >= 4 is 55.1 Å². The predicted molar refractivity (Wildman–Crippen MR) is 165 cm³/mol. The van der Waals surface area contributed by atoms with Gasteiger partial charge in [0.1, 0.15) is 12.6 Å². The average Bonchev–Trinajstić information content (AvgIpc) is 2.98. The highest BCUT2D eigenvalue weighted by Gasteiger charge is 2.34. The van der Waals surface area contributed by atoms with Gasteiger partial charge >= 0.3 is 0 Å². The third kappa shape index (κ3) is 7.75. The normalized spacial score (nSPS) is 11.9. The molecular weight excluding hydrogens is 626 g/mol. The number of nitrogens with one attached hydrogen (secondary N) is 1. The molecule has 4 aromatic carbocycles. The molecule has 1 N–H and O–H groups in total. The summed E-state index contributed by atoms with van der Waals surface area (Å²) in [6.07, 6.45) is 0.239. The zero-order valence-corrected chi connectivity index (χ0v) is 25.4. The summed E-state index contributed by atoms with van der Waals surface area (Å²) in [6, 6.07) is 30.1. The fraction of sp³-hybridized carbons (Fsp3) is 0.161. The van der Waals surface area contributed by atoms with E-state index >= 15 is 0 Å². The zero-order valence-electron chi connectivity index (χ0n) is 22.3. The van der Waals surface area contributed by atoms with Crippen molar-refractivity contribution in [1.82, 2.24) is 10.2 Å². The van der Waals surface area contributed by atoms with Crippen LogP contribution in [-0.4, -0.2) is 44.8 Å². The largest absolute Gasteiger partial charge is 0.357 e. The SMILES string of the molecule is CNC(=O)[C@@H](Cc1ccccc1)N(Cc1cccc(Br)c1)C(=O)CN(c1cccc(Cl)c1)S(=O)(=O)c1ccccc1. The topological polar surface area (TPSA) is 86.8 Å². The van der Waals surface area contributed by atoms with E-state index in [1.165, 1.54) is 30.1 Å². The number of likely N-dealkylation sites (N-methyl/N-ethyl adjacent to an activating group) is 1. The van der Waals surface area contributed by atoms with E-state index in [0.717, 1.165) is 19.9 Å². The van der Waals surface area contributed by atoms with Gasteiger partial charge in [-0.3, -0.25) is 13.9 Å². The molecule has 4 aromatic rings. The second kappa shape index (κ2) is 13.8. The van der Waals surface area contributed by atoms with Crippen LogP contribution in [-0.2, 0) is 32.6 Å². The van der Waals surface area contributed by atoms with E-state index in [9.17, 15) is 18.0 Å². The van der Waals surface area contributed by atoms with E-state index in [0.29, 0.717) is 5.02 Å². The second-order valence-electron chi connectivity index (χ2n) is 9.28. The van der Waals surface area contributed by atoms with Crippen molar-refractivity contribution in [2.75, 3.05) is 17.9 Å². The van der Waals surface area contributed by atoms with Crippen molar-refractivity contribution in [3.05, 3.63) is 130 Å². The molecule has 0 aromatic heterocycles. The van der Waals surface area contributed by atoms with Gasteiger partial charge in [-0.05, 0) is 53.6 Å². The van der Waals surface area contributed by atoms with Crippen molar-refractivity contribution in [1.29, 1.82) is 0 Å². The van der Waals surface area contributed by atoms with E-state index in [4.69, 9.17) is 11.6 Å². The standard InChI is InChI=1S/C31H29BrClN3O4S/c1-34-31(38)29(19-23-10-4-2-5-11-23)35(21-24-12-8-13-25(32)18-24)30(37)22-36(27-15-9-14-26(33)20-27)41(39,40)28-16-6-3-7-17-28/h2-18,20,29H,19,21-22H2,1H3,(H,34,38)/t29-/m1/s1. The first kappa shape index (κ1) is 30.3. The Balaban J connectivity index is 1.78. The van der Waals surface area contributed by atoms with E-state index in [1.807, 2.05) is 54.6 Å². The maximum Gasteiger partial charge on any atom is 0.264 e. The predicted octanol–water partition coefficient (Wildman–Crippen LogP) is 5.68. The van der Waals surface area contributed by atoms with Crippen LogP contribution < -0.4 is 9.62 Å². The van der Waals surface area contributed by atoms with Gasteiger partial charge in [0.25, 0.3) is 10.0 Å². The minimum Gasteiger partial charge on any atom is -0.357 e. The molecule has 0 unspecified atom stereocenters. The summed E-state index contributed by atoms with van der Waals surface area (Å²) in [7, 11) is -2.66. The van der Waals surface area contributed by atoms with Crippen LogP contribution in [0.1, 0.15) is 11.1 Å². The summed E-state index contributed by atoms with van der Waals surface area (Å²) in [4.78, 5) is 29.0. The zero-order chi connectivity index (χ0) is 29.4. The molecule has 0 saturated carbocycles. The summed E-state index contributed by atoms with van der Waals surface area (Å²) in [5.74, 6) is -0.911. The van der Waals surface area contributed by atoms with Crippen LogP contribution in [0.25, 0.3) is 0 Å². The summed E-state index contributed by atoms with van der Waals surface area (Å²) in [6.45, 7) is -0.466. The van der Waals surface area contributed by atoms with E-state index in [2.05, 4.69) is 21.2 Å². The third-order valence-corrected chi connectivity index (χ3v) is 8.98. The summed E-state index contributed by atoms with van der Waals surface area (Å²) >= 11 is 9.70. The number of hydrogen-bond acceptors (Lipinski definition) is 4. The first-order valence-corrected chi connectivity index (χ1v) is 15.4. The Kier molecular flexibility index (Phi) is 10.2. The van der Waals surface area contributed by atoms with Crippen molar-refractivity contribution in [2.24, 2.45) is 0 Å². The highest BCUT2D eigenvalue weighted by atomic mass is 79.9. The third-order valence-electron chi connectivity index (χ3n) is 6.47. The molecule has 0 saturated heterocycles. The number of anilines is 1. The minimum atomic E-state index is -4.17. The lowest BCUT2D eigenvalue weighted by Crippen LogP contribution is -2.53. The molecule has 0 aliphatic heterocycles. The summed E-state index contributed by atoms with van der Waals surface area (Å²) in [5.41, 5.74) is 1.86. The van der Waals surface area contributed by atoms with Crippen molar-refractivity contribution in [3.8, 4) is 0 Å². The van der Waals surface area contributed by atoms with Gasteiger partial charge in [-0.1, -0.05) is 94.3 Å². The molecule has 0 aliphatic rings. The van der Waals surface area contributed by atoms with Crippen LogP contribution in [0, 0.1) is 0 Å². The Morgan fingerprint density at radius 1 is 0.854 bits per heavy atom. The fourth-order valence-corrected chi connectivity index (χ4v) is 6.49. The Morgan fingerprint density at radius 2 is 1.49 bits per heavy atom. The monoisotopic (exact) mass is 653 g/mol. The molecule has 2 amide bonds. The number of carbonyl (C=O) groups is 2. The Morgan fingerprint density at radius 3 is 2.12 bits per heavy atom. The van der Waals surface area contributed by atoms with Crippen LogP contribution in [0.5, 0.6) is 0 Å². The molecule has 0 heterocycles.